The molecule has 0 bridgehead atoms. The van der Waals surface area contributed by atoms with Gasteiger partial charge in [0.25, 0.3) is 0 Å². The molecule has 7 heteroatoms. The molecule has 0 radical (unpaired) electrons. The molecule has 1 N–H and O–H groups in total. The van der Waals surface area contributed by atoms with Crippen molar-refractivity contribution in [3.05, 3.63) is 57.8 Å². The van der Waals surface area contributed by atoms with Crippen molar-refractivity contribution in [2.24, 2.45) is 0 Å². The molecule has 0 fully saturated rings. The predicted molar refractivity (Wildman–Crippen MR) is 79.5 cm³/mol. The number of aromatic nitrogens is 1. The number of pyridine rings is 1. The Hall–Kier alpha value is -1.14. The van der Waals surface area contributed by atoms with Gasteiger partial charge in [0.1, 0.15) is 4.90 Å². The molecular formula is C13H12Cl2N2O2S. The van der Waals surface area contributed by atoms with E-state index < -0.39 is 10.0 Å². The third-order valence-electron chi connectivity index (χ3n) is 2.72. The highest BCUT2D eigenvalue weighted by atomic mass is 35.5. The van der Waals surface area contributed by atoms with Crippen molar-refractivity contribution >= 4 is 33.2 Å². The zero-order chi connectivity index (χ0) is 14.8. The van der Waals surface area contributed by atoms with Crippen LogP contribution >= 0.6 is 23.2 Å². The van der Waals surface area contributed by atoms with Crippen LogP contribution < -0.4 is 4.72 Å². The van der Waals surface area contributed by atoms with Crippen molar-refractivity contribution in [2.75, 3.05) is 0 Å². The van der Waals surface area contributed by atoms with E-state index in [4.69, 9.17) is 23.2 Å². The maximum atomic E-state index is 12.2. The molecule has 0 aliphatic rings. The van der Waals surface area contributed by atoms with E-state index in [0.29, 0.717) is 10.6 Å². The minimum Gasteiger partial charge on any atom is -0.265 e. The first-order valence-corrected chi connectivity index (χ1v) is 7.98. The number of sulfonamides is 1. The zero-order valence-corrected chi connectivity index (χ0v) is 12.9. The number of hydrogen-bond donors (Lipinski definition) is 1. The number of aryl methyl sites for hydroxylation is 1. The average Bonchev–Trinajstić information content (AvgIpc) is 2.42. The van der Waals surface area contributed by atoms with Crippen LogP contribution in [0, 0.1) is 6.92 Å². The predicted octanol–water partition coefficient (Wildman–Crippen LogP) is 3.18. The highest BCUT2D eigenvalue weighted by Gasteiger charge is 2.19. The number of nitrogens with zero attached hydrogens (tertiary/aromatic N) is 1. The Morgan fingerprint density at radius 2 is 1.80 bits per heavy atom. The Balaban J connectivity index is 2.25. The third-order valence-corrected chi connectivity index (χ3v) is 4.99. The summed E-state index contributed by atoms with van der Waals surface area (Å²) in [5, 5.41) is 0.533. The van der Waals surface area contributed by atoms with Crippen molar-refractivity contribution in [2.45, 2.75) is 18.4 Å². The van der Waals surface area contributed by atoms with E-state index in [1.54, 1.807) is 31.5 Å². The molecule has 0 saturated carbocycles. The largest absolute Gasteiger partial charge is 0.265 e. The fraction of sp³-hybridized carbons (Fsp3) is 0.154. The van der Waals surface area contributed by atoms with Crippen LogP contribution in [-0.4, -0.2) is 13.4 Å². The maximum Gasteiger partial charge on any atom is 0.242 e. The molecule has 106 valence electrons. The summed E-state index contributed by atoms with van der Waals surface area (Å²) >= 11 is 11.9. The van der Waals surface area contributed by atoms with Gasteiger partial charge in [0, 0.05) is 24.0 Å². The molecule has 0 aliphatic heterocycles. The summed E-state index contributed by atoms with van der Waals surface area (Å²) in [4.78, 5) is 3.89. The Bertz CT molecular complexity index is 719. The summed E-state index contributed by atoms with van der Waals surface area (Å²) in [6, 6.07) is 6.35. The molecule has 1 heterocycles. The molecule has 0 unspecified atom stereocenters. The Kier molecular flexibility index (Phi) is 4.65. The van der Waals surface area contributed by atoms with E-state index in [2.05, 4.69) is 9.71 Å². The molecule has 1 aromatic heterocycles. The molecule has 1 aromatic carbocycles. The minimum atomic E-state index is -3.69. The van der Waals surface area contributed by atoms with Gasteiger partial charge < -0.3 is 0 Å². The van der Waals surface area contributed by atoms with Gasteiger partial charge in [0.05, 0.1) is 5.02 Å². The molecule has 20 heavy (non-hydrogen) atoms. The number of rotatable bonds is 4. The first-order valence-electron chi connectivity index (χ1n) is 5.74. The quantitative estimate of drug-likeness (QED) is 0.936. The van der Waals surface area contributed by atoms with Crippen LogP contribution in [0.5, 0.6) is 0 Å². The van der Waals surface area contributed by atoms with Crippen molar-refractivity contribution in [1.29, 1.82) is 0 Å². The van der Waals surface area contributed by atoms with Gasteiger partial charge in [-0.1, -0.05) is 23.2 Å². The Morgan fingerprint density at radius 1 is 1.15 bits per heavy atom. The van der Waals surface area contributed by atoms with E-state index in [1.165, 1.54) is 12.1 Å². The molecule has 4 nitrogen and oxygen atoms in total. The summed E-state index contributed by atoms with van der Waals surface area (Å²) < 4.78 is 27.0. The van der Waals surface area contributed by atoms with Gasteiger partial charge in [-0.25, -0.2) is 13.1 Å². The third kappa shape index (κ3) is 3.49. The van der Waals surface area contributed by atoms with Crippen LogP contribution in [0.2, 0.25) is 10.0 Å². The highest BCUT2D eigenvalue weighted by Crippen LogP contribution is 2.28. The molecular weight excluding hydrogens is 319 g/mol. The lowest BCUT2D eigenvalue weighted by atomic mass is 10.2. The van der Waals surface area contributed by atoms with Crippen LogP contribution in [0.1, 0.15) is 11.1 Å². The van der Waals surface area contributed by atoms with E-state index >= 15 is 0 Å². The van der Waals surface area contributed by atoms with Crippen LogP contribution in [0.25, 0.3) is 0 Å². The average molecular weight is 331 g/mol. The lowest BCUT2D eigenvalue weighted by Crippen LogP contribution is -2.23. The van der Waals surface area contributed by atoms with Gasteiger partial charge in [-0.3, -0.25) is 4.98 Å². The van der Waals surface area contributed by atoms with Crippen LogP contribution in [0.15, 0.2) is 41.6 Å². The van der Waals surface area contributed by atoms with Gasteiger partial charge in [-0.2, -0.15) is 0 Å². The molecule has 0 aliphatic carbocycles. The number of hydrogen-bond acceptors (Lipinski definition) is 3. The second-order valence-corrected chi connectivity index (χ2v) is 6.76. The number of halogens is 2. The van der Waals surface area contributed by atoms with Gasteiger partial charge in [0.15, 0.2) is 0 Å². The Labute approximate surface area is 127 Å². The molecule has 0 saturated heterocycles. The van der Waals surface area contributed by atoms with Crippen LogP contribution in [-0.2, 0) is 16.6 Å². The topological polar surface area (TPSA) is 59.1 Å². The summed E-state index contributed by atoms with van der Waals surface area (Å²) in [5.41, 5.74) is 1.46. The molecule has 0 atom stereocenters. The van der Waals surface area contributed by atoms with Crippen LogP contribution in [0.4, 0.5) is 0 Å². The monoisotopic (exact) mass is 330 g/mol. The van der Waals surface area contributed by atoms with E-state index in [-0.39, 0.29) is 16.5 Å². The maximum absolute atomic E-state index is 12.2. The minimum absolute atomic E-state index is 0.0233. The molecule has 2 rings (SSSR count). The summed E-state index contributed by atoms with van der Waals surface area (Å²) in [6.45, 7) is 1.89. The fourth-order valence-corrected chi connectivity index (χ4v) is 3.44. The number of nitrogens with one attached hydrogen (secondary N) is 1. The second kappa shape index (κ2) is 6.10. The van der Waals surface area contributed by atoms with Crippen molar-refractivity contribution in [3.63, 3.8) is 0 Å². The van der Waals surface area contributed by atoms with Crippen LogP contribution in [0.3, 0.4) is 0 Å². The second-order valence-electron chi connectivity index (χ2n) is 4.21. The SMILES string of the molecule is Cc1cc(S(=O)(=O)NCc2ccncc2)c(Cl)cc1Cl. The molecule has 0 spiro atoms. The summed E-state index contributed by atoms with van der Waals surface area (Å²) in [7, 11) is -3.69. The van der Waals surface area contributed by atoms with E-state index in [0.717, 1.165) is 5.56 Å². The van der Waals surface area contributed by atoms with Crippen molar-refractivity contribution in [1.82, 2.24) is 9.71 Å². The first-order chi connectivity index (χ1) is 9.40. The summed E-state index contributed by atoms with van der Waals surface area (Å²) in [5.74, 6) is 0. The Morgan fingerprint density at radius 3 is 2.45 bits per heavy atom. The molecule has 2 aromatic rings. The lowest BCUT2D eigenvalue weighted by molar-refractivity contribution is 0.581. The first kappa shape index (κ1) is 15.3. The highest BCUT2D eigenvalue weighted by molar-refractivity contribution is 7.89. The van der Waals surface area contributed by atoms with Gasteiger partial charge >= 0.3 is 0 Å². The van der Waals surface area contributed by atoms with Gasteiger partial charge in [-0.15, -0.1) is 0 Å². The van der Waals surface area contributed by atoms with Crippen molar-refractivity contribution in [3.8, 4) is 0 Å². The number of benzene rings is 1. The standard InChI is InChI=1S/C13H12Cl2N2O2S/c1-9-6-13(12(15)7-11(9)14)20(18,19)17-8-10-2-4-16-5-3-10/h2-7,17H,8H2,1H3. The van der Waals surface area contributed by atoms with Gasteiger partial charge in [-0.05, 0) is 42.3 Å². The van der Waals surface area contributed by atoms with Crippen molar-refractivity contribution < 1.29 is 8.42 Å². The van der Waals surface area contributed by atoms with Gasteiger partial charge in [0.2, 0.25) is 10.0 Å². The smallest absolute Gasteiger partial charge is 0.242 e. The normalized spacial score (nSPS) is 11.6. The van der Waals surface area contributed by atoms with E-state index in [9.17, 15) is 8.42 Å². The lowest BCUT2D eigenvalue weighted by Gasteiger charge is -2.10. The molecule has 0 amide bonds. The fourth-order valence-electron chi connectivity index (χ4n) is 1.59. The van der Waals surface area contributed by atoms with E-state index in [1.807, 2.05) is 0 Å². The summed E-state index contributed by atoms with van der Waals surface area (Å²) in [6.07, 6.45) is 3.20. The zero-order valence-electron chi connectivity index (χ0n) is 10.6.